The van der Waals surface area contributed by atoms with E-state index in [9.17, 15) is 0 Å². The molecule has 3 aromatic rings. The zero-order chi connectivity index (χ0) is 11.8. The van der Waals surface area contributed by atoms with Gasteiger partial charge < -0.3 is 4.98 Å². The van der Waals surface area contributed by atoms with Crippen LogP contribution in [0.25, 0.3) is 22.4 Å². The van der Waals surface area contributed by atoms with Crippen molar-refractivity contribution in [3.8, 4) is 11.4 Å². The number of H-pyrrole nitrogens is 1. The number of fused-ring (bicyclic) bond motifs is 1. The van der Waals surface area contributed by atoms with Gasteiger partial charge in [0.2, 0.25) is 0 Å². The molecule has 0 unspecified atom stereocenters. The summed E-state index contributed by atoms with van der Waals surface area (Å²) in [6, 6.07) is 7.70. The van der Waals surface area contributed by atoms with Crippen LogP contribution >= 0.6 is 11.6 Å². The first kappa shape index (κ1) is 10.3. The summed E-state index contributed by atoms with van der Waals surface area (Å²) >= 11 is 6.11. The van der Waals surface area contributed by atoms with Crippen molar-refractivity contribution < 1.29 is 0 Å². The lowest BCUT2D eigenvalue weighted by Gasteiger charge is -2.03. The molecule has 0 bridgehead atoms. The normalized spacial score (nSPS) is 10.9. The van der Waals surface area contributed by atoms with Crippen LogP contribution in [-0.4, -0.2) is 15.0 Å². The van der Waals surface area contributed by atoms with Gasteiger partial charge in [-0.25, -0.2) is 4.98 Å². The van der Waals surface area contributed by atoms with Crippen LogP contribution in [-0.2, 0) is 0 Å². The van der Waals surface area contributed by atoms with Gasteiger partial charge >= 0.3 is 0 Å². The van der Waals surface area contributed by atoms with Gasteiger partial charge in [-0.15, -0.1) is 0 Å². The summed E-state index contributed by atoms with van der Waals surface area (Å²) in [6.07, 6.45) is 3.50. The van der Waals surface area contributed by atoms with Gasteiger partial charge in [-0.3, -0.25) is 4.98 Å². The Balaban J connectivity index is 2.24. The number of pyridine rings is 1. The van der Waals surface area contributed by atoms with Crippen molar-refractivity contribution in [1.82, 2.24) is 15.0 Å². The van der Waals surface area contributed by atoms with Crippen molar-refractivity contribution in [1.29, 1.82) is 0 Å². The molecule has 17 heavy (non-hydrogen) atoms. The third-order valence-corrected chi connectivity index (χ3v) is 3.22. The fourth-order valence-electron chi connectivity index (χ4n) is 1.85. The van der Waals surface area contributed by atoms with Crippen LogP contribution in [0.3, 0.4) is 0 Å². The largest absolute Gasteiger partial charge is 0.337 e. The second-order valence-corrected chi connectivity index (χ2v) is 4.30. The van der Waals surface area contributed by atoms with Gasteiger partial charge in [0.1, 0.15) is 5.82 Å². The molecule has 0 aliphatic heterocycles. The molecule has 0 aliphatic rings. The number of aromatic nitrogens is 3. The Kier molecular flexibility index (Phi) is 2.34. The first-order chi connectivity index (χ1) is 8.25. The molecule has 0 radical (unpaired) electrons. The number of rotatable bonds is 1. The smallest absolute Gasteiger partial charge is 0.138 e. The molecule has 0 fully saturated rings. The van der Waals surface area contributed by atoms with Crippen molar-refractivity contribution in [2.24, 2.45) is 0 Å². The SMILES string of the molecule is Cc1c(Cl)cccc1-c1nc2ccncc2[nH]1. The molecular weight excluding hydrogens is 234 g/mol. The minimum atomic E-state index is 0.751. The lowest BCUT2D eigenvalue weighted by Crippen LogP contribution is -1.85. The number of hydrogen-bond acceptors (Lipinski definition) is 2. The third-order valence-electron chi connectivity index (χ3n) is 2.81. The molecule has 0 amide bonds. The summed E-state index contributed by atoms with van der Waals surface area (Å²) in [5.74, 6) is 0.827. The molecule has 1 N–H and O–H groups in total. The summed E-state index contributed by atoms with van der Waals surface area (Å²) in [4.78, 5) is 11.8. The number of nitrogens with zero attached hydrogens (tertiary/aromatic N) is 2. The average molecular weight is 244 g/mol. The summed E-state index contributed by atoms with van der Waals surface area (Å²) < 4.78 is 0. The Morgan fingerprint density at radius 3 is 2.94 bits per heavy atom. The lowest BCUT2D eigenvalue weighted by molar-refractivity contribution is 1.30. The summed E-state index contributed by atoms with van der Waals surface area (Å²) in [5, 5.41) is 0.751. The molecule has 0 saturated carbocycles. The Bertz CT molecular complexity index is 655. The molecule has 3 nitrogen and oxygen atoms in total. The van der Waals surface area contributed by atoms with Crippen molar-refractivity contribution >= 4 is 22.6 Å². The van der Waals surface area contributed by atoms with Gasteiger partial charge in [0, 0.05) is 16.8 Å². The highest BCUT2D eigenvalue weighted by Crippen LogP contribution is 2.27. The summed E-state index contributed by atoms with van der Waals surface area (Å²) in [6.45, 7) is 1.99. The van der Waals surface area contributed by atoms with Crippen LogP contribution in [0.5, 0.6) is 0 Å². The average Bonchev–Trinajstić information content (AvgIpc) is 2.76. The van der Waals surface area contributed by atoms with E-state index in [2.05, 4.69) is 15.0 Å². The van der Waals surface area contributed by atoms with Crippen LogP contribution in [0.15, 0.2) is 36.7 Å². The third kappa shape index (κ3) is 1.68. The molecular formula is C13H10ClN3. The molecule has 0 aliphatic carbocycles. The first-order valence-corrected chi connectivity index (χ1v) is 5.69. The maximum atomic E-state index is 6.11. The zero-order valence-corrected chi connectivity index (χ0v) is 9.99. The predicted molar refractivity (Wildman–Crippen MR) is 69.1 cm³/mol. The number of imidazole rings is 1. The molecule has 0 atom stereocenters. The summed E-state index contributed by atoms with van der Waals surface area (Å²) in [5.41, 5.74) is 3.89. The minimum absolute atomic E-state index is 0.751. The topological polar surface area (TPSA) is 41.6 Å². The monoisotopic (exact) mass is 243 g/mol. The van der Waals surface area contributed by atoms with E-state index in [0.29, 0.717) is 0 Å². The van der Waals surface area contributed by atoms with Crippen molar-refractivity contribution in [3.05, 3.63) is 47.2 Å². The van der Waals surface area contributed by atoms with Gasteiger partial charge in [-0.1, -0.05) is 23.7 Å². The Hall–Kier alpha value is -1.87. The van der Waals surface area contributed by atoms with Gasteiger partial charge in [-0.05, 0) is 24.6 Å². The summed E-state index contributed by atoms with van der Waals surface area (Å²) in [7, 11) is 0. The van der Waals surface area contributed by atoms with Crippen molar-refractivity contribution in [2.75, 3.05) is 0 Å². The standard InChI is InChI=1S/C13H10ClN3/c1-8-9(3-2-4-10(8)14)13-16-11-5-6-15-7-12(11)17-13/h2-7H,1H3,(H,16,17). The molecule has 3 rings (SSSR count). The molecule has 0 spiro atoms. The Morgan fingerprint density at radius 2 is 2.12 bits per heavy atom. The van der Waals surface area contributed by atoms with Gasteiger partial charge in [-0.2, -0.15) is 0 Å². The zero-order valence-electron chi connectivity index (χ0n) is 9.24. The second-order valence-electron chi connectivity index (χ2n) is 3.89. The minimum Gasteiger partial charge on any atom is -0.337 e. The van der Waals surface area contributed by atoms with E-state index in [1.165, 1.54) is 0 Å². The highest BCUT2D eigenvalue weighted by molar-refractivity contribution is 6.31. The van der Waals surface area contributed by atoms with Crippen molar-refractivity contribution in [3.63, 3.8) is 0 Å². The van der Waals surface area contributed by atoms with E-state index in [1.54, 1.807) is 12.4 Å². The lowest BCUT2D eigenvalue weighted by atomic mass is 10.1. The van der Waals surface area contributed by atoms with Gasteiger partial charge in [0.15, 0.2) is 0 Å². The van der Waals surface area contributed by atoms with Crippen LogP contribution in [0.4, 0.5) is 0 Å². The van der Waals surface area contributed by atoms with Crippen molar-refractivity contribution in [2.45, 2.75) is 6.92 Å². The maximum absolute atomic E-state index is 6.11. The molecule has 2 aromatic heterocycles. The molecule has 2 heterocycles. The number of hydrogen-bond donors (Lipinski definition) is 1. The second kappa shape index (κ2) is 3.86. The quantitative estimate of drug-likeness (QED) is 0.710. The van der Waals surface area contributed by atoms with Crippen LogP contribution < -0.4 is 0 Å². The van der Waals surface area contributed by atoms with E-state index in [4.69, 9.17) is 11.6 Å². The highest BCUT2D eigenvalue weighted by atomic mass is 35.5. The Labute approximate surface area is 103 Å². The van der Waals surface area contributed by atoms with E-state index in [0.717, 1.165) is 33.0 Å². The highest BCUT2D eigenvalue weighted by Gasteiger charge is 2.09. The van der Waals surface area contributed by atoms with Gasteiger partial charge in [0.25, 0.3) is 0 Å². The van der Waals surface area contributed by atoms with E-state index in [1.807, 2.05) is 31.2 Å². The number of benzene rings is 1. The first-order valence-electron chi connectivity index (χ1n) is 5.31. The fourth-order valence-corrected chi connectivity index (χ4v) is 2.02. The molecule has 1 aromatic carbocycles. The van der Waals surface area contributed by atoms with Crippen LogP contribution in [0.1, 0.15) is 5.56 Å². The van der Waals surface area contributed by atoms with E-state index >= 15 is 0 Å². The fraction of sp³-hybridized carbons (Fsp3) is 0.0769. The van der Waals surface area contributed by atoms with Gasteiger partial charge in [0.05, 0.1) is 17.2 Å². The number of nitrogens with one attached hydrogen (secondary N) is 1. The van der Waals surface area contributed by atoms with E-state index < -0.39 is 0 Å². The molecule has 0 saturated heterocycles. The molecule has 4 heteroatoms. The number of halogens is 1. The Morgan fingerprint density at radius 1 is 1.24 bits per heavy atom. The predicted octanol–water partition coefficient (Wildman–Crippen LogP) is 3.59. The maximum Gasteiger partial charge on any atom is 0.138 e. The van der Waals surface area contributed by atoms with E-state index in [-0.39, 0.29) is 0 Å². The number of aromatic amines is 1. The van der Waals surface area contributed by atoms with Crippen LogP contribution in [0, 0.1) is 6.92 Å². The van der Waals surface area contributed by atoms with Crippen LogP contribution in [0.2, 0.25) is 5.02 Å². The molecule has 84 valence electrons.